The number of halogens is 1. The molecule has 0 radical (unpaired) electrons. The molecule has 0 aliphatic carbocycles. The highest BCUT2D eigenvalue weighted by molar-refractivity contribution is 5.79. The zero-order valence-electron chi connectivity index (χ0n) is 14.8. The fraction of sp³-hybridized carbons (Fsp3) is 0.579. The highest BCUT2D eigenvalue weighted by atomic mass is 19.1. The van der Waals surface area contributed by atoms with Crippen molar-refractivity contribution in [1.29, 1.82) is 0 Å². The first kappa shape index (κ1) is 17.4. The second-order valence-corrected chi connectivity index (χ2v) is 7.41. The van der Waals surface area contributed by atoms with Crippen LogP contribution in [0.15, 0.2) is 24.3 Å². The number of benzene rings is 1. The Morgan fingerprint density at radius 3 is 2.92 bits per heavy atom. The van der Waals surface area contributed by atoms with Gasteiger partial charge < -0.3 is 15.0 Å². The fourth-order valence-corrected chi connectivity index (χ4v) is 3.71. The van der Waals surface area contributed by atoms with E-state index < -0.39 is 5.67 Å². The molecule has 2 fully saturated rings. The number of alkyl halides is 1. The molecule has 2 saturated heterocycles. The van der Waals surface area contributed by atoms with Crippen molar-refractivity contribution < 1.29 is 13.9 Å². The molecule has 26 heavy (non-hydrogen) atoms. The van der Waals surface area contributed by atoms with E-state index in [0.29, 0.717) is 45.7 Å². The van der Waals surface area contributed by atoms with Crippen molar-refractivity contribution in [2.24, 2.45) is 5.92 Å². The lowest BCUT2D eigenvalue weighted by Crippen LogP contribution is -2.49. The number of carbonyl (C=O) groups excluding carboxylic acids is 1. The number of piperidine rings is 1. The highest BCUT2D eigenvalue weighted by Gasteiger charge is 2.36. The van der Waals surface area contributed by atoms with E-state index in [-0.39, 0.29) is 18.4 Å². The summed E-state index contributed by atoms with van der Waals surface area (Å²) in [7, 11) is 0. The molecule has 1 unspecified atom stereocenters. The van der Waals surface area contributed by atoms with E-state index in [0.717, 1.165) is 23.3 Å². The molecule has 0 spiro atoms. The molecule has 4 rings (SSSR count). The smallest absolute Gasteiger partial charge is 0.225 e. The van der Waals surface area contributed by atoms with Crippen LogP contribution in [-0.2, 0) is 16.1 Å². The number of imidazole rings is 1. The molecule has 3 heterocycles. The number of carbonyl (C=O) groups is 1. The summed E-state index contributed by atoms with van der Waals surface area (Å²) in [6, 6.07) is 7.94. The van der Waals surface area contributed by atoms with E-state index in [1.165, 1.54) is 0 Å². The zero-order chi connectivity index (χ0) is 18.0. The van der Waals surface area contributed by atoms with Crippen LogP contribution < -0.4 is 5.32 Å². The molecule has 1 atom stereocenters. The number of nitrogens with zero attached hydrogens (tertiary/aromatic N) is 2. The van der Waals surface area contributed by atoms with Gasteiger partial charge in [-0.05, 0) is 31.4 Å². The molecule has 1 amide bonds. The maximum atomic E-state index is 15.0. The van der Waals surface area contributed by atoms with Crippen LogP contribution in [0.4, 0.5) is 4.39 Å². The van der Waals surface area contributed by atoms with Gasteiger partial charge in [0.1, 0.15) is 11.5 Å². The van der Waals surface area contributed by atoms with Gasteiger partial charge in [-0.15, -0.1) is 0 Å². The van der Waals surface area contributed by atoms with Gasteiger partial charge in [0.15, 0.2) is 0 Å². The molecule has 140 valence electrons. The zero-order valence-corrected chi connectivity index (χ0v) is 14.8. The second kappa shape index (κ2) is 7.32. The number of para-hydroxylation sites is 2. The minimum Gasteiger partial charge on any atom is -0.381 e. The van der Waals surface area contributed by atoms with E-state index in [1.807, 2.05) is 24.3 Å². The Balaban J connectivity index is 1.26. The van der Waals surface area contributed by atoms with Crippen LogP contribution in [0.3, 0.4) is 0 Å². The third kappa shape index (κ3) is 3.88. The standard InChI is InChI=1S/C19H25FN4O2/c20-19(13-21-18(25)14-5-10-26-12-14)6-8-24(9-7-19)11-17-22-15-3-1-2-4-16(15)23-17/h1-4,14H,5-13H2,(H,21,25)(H,22,23). The van der Waals surface area contributed by atoms with Crippen LogP contribution in [0.2, 0.25) is 0 Å². The number of nitrogens with one attached hydrogen (secondary N) is 2. The van der Waals surface area contributed by atoms with Gasteiger partial charge in [0.25, 0.3) is 0 Å². The summed E-state index contributed by atoms with van der Waals surface area (Å²) < 4.78 is 20.2. The van der Waals surface area contributed by atoms with E-state index >= 15 is 4.39 Å². The van der Waals surface area contributed by atoms with Gasteiger partial charge in [-0.25, -0.2) is 9.37 Å². The van der Waals surface area contributed by atoms with Crippen LogP contribution >= 0.6 is 0 Å². The first-order chi connectivity index (χ1) is 12.6. The lowest BCUT2D eigenvalue weighted by atomic mass is 9.93. The summed E-state index contributed by atoms with van der Waals surface area (Å²) in [4.78, 5) is 22.2. The summed E-state index contributed by atoms with van der Waals surface area (Å²) in [5.41, 5.74) is 0.662. The summed E-state index contributed by atoms with van der Waals surface area (Å²) >= 11 is 0. The van der Waals surface area contributed by atoms with Crippen LogP contribution in [0.5, 0.6) is 0 Å². The number of ether oxygens (including phenoxy) is 1. The number of aromatic amines is 1. The fourth-order valence-electron chi connectivity index (χ4n) is 3.71. The molecule has 1 aromatic carbocycles. The molecule has 0 saturated carbocycles. The van der Waals surface area contributed by atoms with Crippen molar-refractivity contribution in [1.82, 2.24) is 20.2 Å². The molecule has 1 aromatic heterocycles. The Morgan fingerprint density at radius 2 is 2.19 bits per heavy atom. The van der Waals surface area contributed by atoms with Crippen molar-refractivity contribution >= 4 is 16.9 Å². The minimum absolute atomic E-state index is 0.0794. The van der Waals surface area contributed by atoms with Crippen molar-refractivity contribution in [3.05, 3.63) is 30.1 Å². The van der Waals surface area contributed by atoms with Gasteiger partial charge in [-0.3, -0.25) is 9.69 Å². The quantitative estimate of drug-likeness (QED) is 0.856. The van der Waals surface area contributed by atoms with Crippen LogP contribution in [0.25, 0.3) is 11.0 Å². The molecule has 6 nitrogen and oxygen atoms in total. The highest BCUT2D eigenvalue weighted by Crippen LogP contribution is 2.27. The van der Waals surface area contributed by atoms with Crippen LogP contribution in [0.1, 0.15) is 25.1 Å². The number of hydrogen-bond acceptors (Lipinski definition) is 4. The lowest BCUT2D eigenvalue weighted by molar-refractivity contribution is -0.125. The summed E-state index contributed by atoms with van der Waals surface area (Å²) in [5.74, 6) is 0.711. The average Bonchev–Trinajstić information content (AvgIpc) is 3.31. The Kier molecular flexibility index (Phi) is 4.91. The SMILES string of the molecule is O=C(NCC1(F)CCN(Cc2nc3ccccc3[nH]2)CC1)C1CCOC1. The van der Waals surface area contributed by atoms with Crippen molar-refractivity contribution in [2.75, 3.05) is 32.8 Å². The van der Waals surface area contributed by atoms with Crippen LogP contribution in [-0.4, -0.2) is 59.3 Å². The first-order valence-electron chi connectivity index (χ1n) is 9.32. The molecule has 2 N–H and O–H groups in total. The molecule has 0 bridgehead atoms. The van der Waals surface area contributed by atoms with Crippen molar-refractivity contribution in [3.63, 3.8) is 0 Å². The van der Waals surface area contributed by atoms with E-state index in [1.54, 1.807) is 0 Å². The van der Waals surface area contributed by atoms with Gasteiger partial charge in [-0.1, -0.05) is 12.1 Å². The Labute approximate surface area is 152 Å². The number of amides is 1. The maximum Gasteiger partial charge on any atom is 0.225 e. The topological polar surface area (TPSA) is 70.2 Å². The van der Waals surface area contributed by atoms with Crippen molar-refractivity contribution in [2.45, 2.75) is 31.5 Å². The number of H-pyrrole nitrogens is 1. The predicted molar refractivity (Wildman–Crippen MR) is 96.4 cm³/mol. The monoisotopic (exact) mass is 360 g/mol. The molecule has 2 aromatic rings. The molecule has 2 aliphatic heterocycles. The van der Waals surface area contributed by atoms with Gasteiger partial charge in [0.05, 0.1) is 36.6 Å². The van der Waals surface area contributed by atoms with E-state index in [2.05, 4.69) is 20.2 Å². The second-order valence-electron chi connectivity index (χ2n) is 7.41. The van der Waals surface area contributed by atoms with Gasteiger partial charge in [0.2, 0.25) is 5.91 Å². The summed E-state index contributed by atoms with van der Waals surface area (Å²) in [6.45, 7) is 3.19. The minimum atomic E-state index is -1.32. The van der Waals surface area contributed by atoms with Gasteiger partial charge in [0, 0.05) is 19.7 Å². The number of aromatic nitrogens is 2. The third-order valence-electron chi connectivity index (χ3n) is 5.44. The maximum absolute atomic E-state index is 15.0. The number of fused-ring (bicyclic) bond motifs is 1. The predicted octanol–water partition coefficient (Wildman–Crippen LogP) is 2.02. The summed E-state index contributed by atoms with van der Waals surface area (Å²) in [6.07, 6.45) is 1.58. The number of hydrogen-bond donors (Lipinski definition) is 2. The Morgan fingerprint density at radius 1 is 1.38 bits per heavy atom. The normalized spacial score (nSPS) is 23.3. The Bertz CT molecular complexity index is 731. The summed E-state index contributed by atoms with van der Waals surface area (Å²) in [5, 5.41) is 2.79. The molecule has 7 heteroatoms. The largest absolute Gasteiger partial charge is 0.381 e. The van der Waals surface area contributed by atoms with E-state index in [4.69, 9.17) is 4.74 Å². The first-order valence-corrected chi connectivity index (χ1v) is 9.32. The van der Waals surface area contributed by atoms with Gasteiger partial charge >= 0.3 is 0 Å². The number of likely N-dealkylation sites (tertiary alicyclic amines) is 1. The van der Waals surface area contributed by atoms with Crippen molar-refractivity contribution in [3.8, 4) is 0 Å². The Hall–Kier alpha value is -1.99. The van der Waals surface area contributed by atoms with Crippen LogP contribution in [0, 0.1) is 5.92 Å². The molecule has 2 aliphatic rings. The third-order valence-corrected chi connectivity index (χ3v) is 5.44. The average molecular weight is 360 g/mol. The van der Waals surface area contributed by atoms with Gasteiger partial charge in [-0.2, -0.15) is 0 Å². The lowest BCUT2D eigenvalue weighted by Gasteiger charge is -2.36. The number of rotatable bonds is 5. The van der Waals surface area contributed by atoms with E-state index in [9.17, 15) is 4.79 Å². The molecular formula is C19H25FN4O2. The molecular weight excluding hydrogens is 335 g/mol.